The molecular formula is C13H26ClN3O3. The van der Waals surface area contributed by atoms with Gasteiger partial charge in [0.05, 0.1) is 18.6 Å². The number of ether oxygens (including phenoxy) is 1. The van der Waals surface area contributed by atoms with Gasteiger partial charge in [-0.05, 0) is 32.4 Å². The van der Waals surface area contributed by atoms with Gasteiger partial charge in [0.2, 0.25) is 11.8 Å². The van der Waals surface area contributed by atoms with E-state index in [0.29, 0.717) is 13.2 Å². The average molecular weight is 308 g/mol. The molecule has 0 unspecified atom stereocenters. The lowest BCUT2D eigenvalue weighted by atomic mass is 9.78. The number of halogens is 1. The summed E-state index contributed by atoms with van der Waals surface area (Å²) >= 11 is 0. The first-order chi connectivity index (χ1) is 9.14. The highest BCUT2D eigenvalue weighted by molar-refractivity contribution is 5.88. The fraction of sp³-hybridized carbons (Fsp3) is 0.846. The Morgan fingerprint density at radius 1 is 1.25 bits per heavy atom. The molecule has 1 rings (SSSR count). The van der Waals surface area contributed by atoms with Gasteiger partial charge in [0, 0.05) is 13.7 Å². The normalized spacial score (nSPS) is 16.9. The van der Waals surface area contributed by atoms with Crippen molar-refractivity contribution < 1.29 is 14.3 Å². The molecule has 7 heteroatoms. The van der Waals surface area contributed by atoms with Crippen LogP contribution in [0.5, 0.6) is 0 Å². The van der Waals surface area contributed by atoms with Gasteiger partial charge in [-0.3, -0.25) is 9.59 Å². The van der Waals surface area contributed by atoms with Crippen LogP contribution in [0.25, 0.3) is 0 Å². The van der Waals surface area contributed by atoms with Gasteiger partial charge in [-0.2, -0.15) is 0 Å². The molecule has 0 radical (unpaired) electrons. The third-order valence-electron chi connectivity index (χ3n) is 3.44. The van der Waals surface area contributed by atoms with Crippen LogP contribution in [0.3, 0.4) is 0 Å². The number of carbonyl (C=O) groups is 2. The molecule has 0 aromatic rings. The highest BCUT2D eigenvalue weighted by Crippen LogP contribution is 2.29. The molecule has 0 spiro atoms. The Hall–Kier alpha value is -0.850. The van der Waals surface area contributed by atoms with Crippen molar-refractivity contribution in [1.82, 2.24) is 16.0 Å². The van der Waals surface area contributed by atoms with Crippen molar-refractivity contribution in [1.29, 1.82) is 0 Å². The highest BCUT2D eigenvalue weighted by atomic mass is 35.5. The van der Waals surface area contributed by atoms with Crippen LogP contribution in [0.1, 0.15) is 26.2 Å². The Morgan fingerprint density at radius 3 is 2.45 bits per heavy atom. The minimum Gasteiger partial charge on any atom is -0.384 e. The zero-order valence-corrected chi connectivity index (χ0v) is 13.1. The standard InChI is InChI=1S/C13H25N3O3.ClH/c1-3-6-15-11(17)9-16-12(18)13(10-19-2)4-7-14-8-5-13;/h14H,3-10H2,1-2H3,(H,15,17)(H,16,18);1H. The van der Waals surface area contributed by atoms with E-state index in [1.165, 1.54) is 0 Å². The Morgan fingerprint density at radius 2 is 1.90 bits per heavy atom. The molecule has 0 aromatic carbocycles. The summed E-state index contributed by atoms with van der Waals surface area (Å²) in [7, 11) is 1.60. The Labute approximate surface area is 126 Å². The van der Waals surface area contributed by atoms with Crippen molar-refractivity contribution in [2.75, 3.05) is 39.9 Å². The first-order valence-corrected chi connectivity index (χ1v) is 6.89. The lowest BCUT2D eigenvalue weighted by Crippen LogP contribution is -2.51. The van der Waals surface area contributed by atoms with Gasteiger partial charge in [-0.15, -0.1) is 12.4 Å². The van der Waals surface area contributed by atoms with E-state index in [1.807, 2.05) is 6.92 Å². The van der Waals surface area contributed by atoms with Crippen LogP contribution in [0, 0.1) is 5.41 Å². The summed E-state index contributed by atoms with van der Waals surface area (Å²) in [5.41, 5.74) is -0.495. The van der Waals surface area contributed by atoms with Crippen LogP contribution in [-0.2, 0) is 14.3 Å². The van der Waals surface area contributed by atoms with Gasteiger partial charge in [0.1, 0.15) is 0 Å². The van der Waals surface area contributed by atoms with Gasteiger partial charge >= 0.3 is 0 Å². The number of amides is 2. The molecule has 1 fully saturated rings. The van der Waals surface area contributed by atoms with Gasteiger partial charge in [-0.25, -0.2) is 0 Å². The largest absolute Gasteiger partial charge is 0.384 e. The van der Waals surface area contributed by atoms with E-state index in [2.05, 4.69) is 16.0 Å². The van der Waals surface area contributed by atoms with Gasteiger partial charge in [0.25, 0.3) is 0 Å². The topological polar surface area (TPSA) is 79.5 Å². The summed E-state index contributed by atoms with van der Waals surface area (Å²) in [6.07, 6.45) is 2.37. The maximum absolute atomic E-state index is 12.3. The minimum absolute atomic E-state index is 0. The van der Waals surface area contributed by atoms with Crippen molar-refractivity contribution in [2.45, 2.75) is 26.2 Å². The van der Waals surface area contributed by atoms with Crippen LogP contribution in [0.2, 0.25) is 0 Å². The minimum atomic E-state index is -0.495. The van der Waals surface area contributed by atoms with Crippen LogP contribution in [0.4, 0.5) is 0 Å². The van der Waals surface area contributed by atoms with E-state index in [-0.39, 0.29) is 30.8 Å². The summed E-state index contributed by atoms with van der Waals surface area (Å²) in [6, 6.07) is 0. The zero-order chi connectivity index (χ0) is 14.1. The Balaban J connectivity index is 0.00000361. The quantitative estimate of drug-likeness (QED) is 0.622. The van der Waals surface area contributed by atoms with Gasteiger partial charge < -0.3 is 20.7 Å². The second kappa shape index (κ2) is 9.96. The van der Waals surface area contributed by atoms with Gasteiger partial charge in [-0.1, -0.05) is 6.92 Å². The van der Waals surface area contributed by atoms with E-state index in [0.717, 1.165) is 32.4 Å². The Bertz CT molecular complexity index is 302. The van der Waals surface area contributed by atoms with E-state index in [4.69, 9.17) is 4.74 Å². The first-order valence-electron chi connectivity index (χ1n) is 6.89. The molecule has 2 amide bonds. The molecule has 1 saturated heterocycles. The van der Waals surface area contributed by atoms with E-state index >= 15 is 0 Å². The van der Waals surface area contributed by atoms with Crippen LogP contribution in [0.15, 0.2) is 0 Å². The molecule has 1 heterocycles. The average Bonchev–Trinajstić information content (AvgIpc) is 2.43. The lowest BCUT2D eigenvalue weighted by molar-refractivity contribution is -0.137. The van der Waals surface area contributed by atoms with Crippen molar-refractivity contribution in [3.8, 4) is 0 Å². The van der Waals surface area contributed by atoms with Crippen molar-refractivity contribution in [2.24, 2.45) is 5.41 Å². The number of methoxy groups -OCH3 is 1. The second-order valence-corrected chi connectivity index (χ2v) is 5.00. The predicted octanol–water partition coefficient (Wildman–Crippen LogP) is 0.0668. The molecule has 3 N–H and O–H groups in total. The molecule has 1 aliphatic rings. The molecule has 1 aliphatic heterocycles. The third kappa shape index (κ3) is 5.64. The monoisotopic (exact) mass is 307 g/mol. The number of hydrogen-bond acceptors (Lipinski definition) is 4. The van der Waals surface area contributed by atoms with E-state index in [1.54, 1.807) is 7.11 Å². The Kier molecular flexibility index (Phi) is 9.54. The number of nitrogens with one attached hydrogen (secondary N) is 3. The highest BCUT2D eigenvalue weighted by Gasteiger charge is 2.39. The SMILES string of the molecule is CCCNC(=O)CNC(=O)C1(COC)CCNCC1.Cl. The van der Waals surface area contributed by atoms with Crippen LogP contribution < -0.4 is 16.0 Å². The van der Waals surface area contributed by atoms with E-state index < -0.39 is 5.41 Å². The fourth-order valence-electron chi connectivity index (χ4n) is 2.29. The van der Waals surface area contributed by atoms with Crippen LogP contribution in [-0.4, -0.2) is 51.7 Å². The molecule has 0 bridgehead atoms. The first kappa shape index (κ1) is 19.1. The summed E-state index contributed by atoms with van der Waals surface area (Å²) in [5.74, 6) is -0.223. The fourth-order valence-corrected chi connectivity index (χ4v) is 2.29. The third-order valence-corrected chi connectivity index (χ3v) is 3.44. The molecule has 0 aliphatic carbocycles. The summed E-state index contributed by atoms with van der Waals surface area (Å²) in [6.45, 7) is 4.68. The number of rotatable bonds is 7. The van der Waals surface area contributed by atoms with Crippen molar-refractivity contribution in [3.63, 3.8) is 0 Å². The van der Waals surface area contributed by atoms with E-state index in [9.17, 15) is 9.59 Å². The second-order valence-electron chi connectivity index (χ2n) is 5.00. The number of hydrogen-bond donors (Lipinski definition) is 3. The molecule has 0 atom stereocenters. The maximum atomic E-state index is 12.3. The lowest BCUT2D eigenvalue weighted by Gasteiger charge is -2.35. The maximum Gasteiger partial charge on any atom is 0.239 e. The molecule has 0 aromatic heterocycles. The van der Waals surface area contributed by atoms with Crippen molar-refractivity contribution >= 4 is 24.2 Å². The summed E-state index contributed by atoms with van der Waals surface area (Å²) < 4.78 is 5.19. The van der Waals surface area contributed by atoms with Crippen LogP contribution >= 0.6 is 12.4 Å². The van der Waals surface area contributed by atoms with Crippen molar-refractivity contribution in [3.05, 3.63) is 0 Å². The molecule has 118 valence electrons. The molecular weight excluding hydrogens is 282 g/mol. The molecule has 0 saturated carbocycles. The molecule has 20 heavy (non-hydrogen) atoms. The predicted molar refractivity (Wildman–Crippen MR) is 80.0 cm³/mol. The summed E-state index contributed by atoms with van der Waals surface area (Å²) in [4.78, 5) is 23.8. The summed E-state index contributed by atoms with van der Waals surface area (Å²) in [5, 5.41) is 8.70. The molecule has 6 nitrogen and oxygen atoms in total. The number of carbonyl (C=O) groups excluding carboxylic acids is 2. The smallest absolute Gasteiger partial charge is 0.239 e. The van der Waals surface area contributed by atoms with Gasteiger partial charge in [0.15, 0.2) is 0 Å². The number of piperidine rings is 1. The zero-order valence-electron chi connectivity index (χ0n) is 12.3.